The Bertz CT molecular complexity index is 1360. The molecule has 2 N–H and O–H groups in total. The van der Waals surface area contributed by atoms with Crippen molar-refractivity contribution in [2.75, 3.05) is 18.4 Å². The third-order valence-electron chi connectivity index (χ3n) is 8.92. The molecule has 3 aromatic rings. The van der Waals surface area contributed by atoms with E-state index >= 15 is 0 Å². The molecule has 2 aromatic carbocycles. The minimum atomic E-state index is -0.569. The number of carbonyl (C=O) groups excluding carboxylic acids is 1. The third-order valence-corrected chi connectivity index (χ3v) is 8.92. The van der Waals surface area contributed by atoms with Gasteiger partial charge in [0, 0.05) is 49.2 Å². The van der Waals surface area contributed by atoms with Gasteiger partial charge in [0.1, 0.15) is 0 Å². The maximum absolute atomic E-state index is 12.8. The van der Waals surface area contributed by atoms with E-state index in [9.17, 15) is 9.90 Å². The first-order valence-electron chi connectivity index (χ1n) is 14.7. The lowest BCUT2D eigenvalue weighted by molar-refractivity contribution is -0.253. The van der Waals surface area contributed by atoms with Crippen LogP contribution >= 0.6 is 0 Å². The molecule has 1 amide bonds. The van der Waals surface area contributed by atoms with Gasteiger partial charge in [-0.3, -0.25) is 14.7 Å². The zero-order valence-corrected chi connectivity index (χ0v) is 24.3. The molecule has 1 aliphatic carbocycles. The van der Waals surface area contributed by atoms with E-state index in [4.69, 9.17) is 9.47 Å². The van der Waals surface area contributed by atoms with Gasteiger partial charge in [0.15, 0.2) is 6.29 Å². The van der Waals surface area contributed by atoms with E-state index in [0.717, 1.165) is 36.2 Å². The van der Waals surface area contributed by atoms with Gasteiger partial charge in [0.25, 0.3) is 5.91 Å². The van der Waals surface area contributed by atoms with Crippen LogP contribution < -0.4 is 5.32 Å². The van der Waals surface area contributed by atoms with Gasteiger partial charge in [-0.15, -0.1) is 0 Å². The lowest BCUT2D eigenvalue weighted by atomic mass is 9.65. The van der Waals surface area contributed by atoms with Gasteiger partial charge >= 0.3 is 0 Å². The van der Waals surface area contributed by atoms with Crippen LogP contribution in [0.15, 0.2) is 73.1 Å². The zero-order valence-electron chi connectivity index (χ0n) is 24.3. The fraction of sp³-hybridized carbons (Fsp3) is 0.471. The predicted molar refractivity (Wildman–Crippen MR) is 158 cm³/mol. The van der Waals surface area contributed by atoms with Crippen LogP contribution in [0.1, 0.15) is 85.9 Å². The maximum Gasteiger partial charge on any atom is 0.257 e. The van der Waals surface area contributed by atoms with Crippen molar-refractivity contribution in [3.8, 4) is 0 Å². The number of aliphatic hydroxyl groups excluding tert-OH is 1. The van der Waals surface area contributed by atoms with Crippen LogP contribution in [0.4, 0.5) is 5.69 Å². The maximum atomic E-state index is 12.8. The second kappa shape index (κ2) is 11.3. The van der Waals surface area contributed by atoms with Crippen molar-refractivity contribution < 1.29 is 19.4 Å². The third kappa shape index (κ3) is 6.38. The first-order chi connectivity index (χ1) is 19.7. The lowest BCUT2D eigenvalue weighted by Gasteiger charge is -2.41. The number of aliphatic hydroxyl groups is 1. The van der Waals surface area contributed by atoms with Gasteiger partial charge in [-0.25, -0.2) is 0 Å². The second-order valence-corrected chi connectivity index (χ2v) is 13.3. The number of benzene rings is 2. The van der Waals surface area contributed by atoms with Crippen LogP contribution in [0.25, 0.3) is 0 Å². The Morgan fingerprint density at radius 3 is 2.63 bits per heavy atom. The highest BCUT2D eigenvalue weighted by atomic mass is 16.7. The molecule has 7 nitrogen and oxygen atoms in total. The van der Waals surface area contributed by atoms with E-state index in [0.29, 0.717) is 28.1 Å². The summed E-state index contributed by atoms with van der Waals surface area (Å²) in [5.74, 6) is -0.211. The molecule has 5 unspecified atom stereocenters. The summed E-state index contributed by atoms with van der Waals surface area (Å²) in [5.41, 5.74) is 4.73. The van der Waals surface area contributed by atoms with E-state index < -0.39 is 6.29 Å². The number of rotatable bonds is 7. The molecule has 216 valence electrons. The highest BCUT2D eigenvalue weighted by molar-refractivity contribution is 6.04. The predicted octanol–water partition coefficient (Wildman–Crippen LogP) is 6.27. The van der Waals surface area contributed by atoms with E-state index in [1.807, 2.05) is 48.5 Å². The van der Waals surface area contributed by atoms with E-state index in [1.165, 1.54) is 19.3 Å². The fourth-order valence-corrected chi connectivity index (χ4v) is 7.55. The smallest absolute Gasteiger partial charge is 0.257 e. The number of fused-ring (bicyclic) bond motifs is 2. The molecule has 3 heterocycles. The van der Waals surface area contributed by atoms with Gasteiger partial charge in [-0.1, -0.05) is 57.2 Å². The Hall–Kier alpha value is -3.10. The summed E-state index contributed by atoms with van der Waals surface area (Å²) in [6.07, 6.45) is 6.99. The summed E-state index contributed by atoms with van der Waals surface area (Å²) in [4.78, 5) is 19.5. The Kier molecular flexibility index (Phi) is 7.72. The van der Waals surface area contributed by atoms with Crippen LogP contribution in [0.5, 0.6) is 0 Å². The minimum Gasteiger partial charge on any atom is -0.392 e. The molecule has 7 heteroatoms. The van der Waals surface area contributed by atoms with E-state index in [2.05, 4.69) is 36.0 Å². The number of ether oxygens (including phenoxy) is 2. The number of amides is 1. The largest absolute Gasteiger partial charge is 0.392 e. The summed E-state index contributed by atoms with van der Waals surface area (Å²) in [6.45, 7) is 9.27. The van der Waals surface area contributed by atoms with Gasteiger partial charge < -0.3 is 19.9 Å². The van der Waals surface area contributed by atoms with Crippen LogP contribution in [0.2, 0.25) is 0 Å². The number of carbonyl (C=O) groups is 1. The second-order valence-electron chi connectivity index (χ2n) is 13.3. The summed E-state index contributed by atoms with van der Waals surface area (Å²) in [6, 6.07) is 19.8. The summed E-state index contributed by atoms with van der Waals surface area (Å²) in [5, 5.41) is 12.5. The number of hydrogen-bond acceptors (Lipinski definition) is 6. The van der Waals surface area contributed by atoms with Gasteiger partial charge in [-0.2, -0.15) is 0 Å². The van der Waals surface area contributed by atoms with Crippen molar-refractivity contribution in [3.63, 3.8) is 0 Å². The SMILES string of the molecule is CC1(C)CC2CC(C)(CN2CC2CC(c3ccc(CO)cc3)OC(c3cccc(NC(=O)c4cccnc4)c3)O2)C1. The van der Waals surface area contributed by atoms with Crippen LogP contribution in [0.3, 0.4) is 0 Å². The molecular weight excluding hydrogens is 514 g/mol. The van der Waals surface area contributed by atoms with Crippen molar-refractivity contribution in [3.05, 3.63) is 95.3 Å². The van der Waals surface area contributed by atoms with Crippen molar-refractivity contribution in [1.29, 1.82) is 0 Å². The average Bonchev–Trinajstić information content (AvgIpc) is 3.20. The normalized spacial score (nSPS) is 29.3. The molecule has 5 atom stereocenters. The summed E-state index contributed by atoms with van der Waals surface area (Å²) >= 11 is 0. The Morgan fingerprint density at radius 2 is 1.88 bits per heavy atom. The molecule has 3 fully saturated rings. The number of likely N-dealkylation sites (tertiary alicyclic amines) is 1. The van der Waals surface area contributed by atoms with Gasteiger partial charge in [-0.05, 0) is 65.5 Å². The van der Waals surface area contributed by atoms with E-state index in [1.54, 1.807) is 24.5 Å². The number of nitrogens with one attached hydrogen (secondary N) is 1. The molecule has 41 heavy (non-hydrogen) atoms. The highest BCUT2D eigenvalue weighted by Crippen LogP contribution is 2.53. The minimum absolute atomic E-state index is 0.00373. The number of hydrogen-bond donors (Lipinski definition) is 2. The topological polar surface area (TPSA) is 83.9 Å². The molecule has 2 aliphatic heterocycles. The standard InChI is InChI=1S/C34H41N3O4/c1-33(2)16-28-17-34(3,21-33)22-37(28)19-29-15-30(24-11-9-23(20-38)10-12-24)41-32(40-29)25-6-4-8-27(14-25)36-31(39)26-7-5-13-35-18-26/h4-14,18,28-30,32,38H,15-17,19-22H2,1-3H3,(H,36,39). The Balaban J connectivity index is 1.23. The summed E-state index contributed by atoms with van der Waals surface area (Å²) < 4.78 is 13.3. The molecule has 1 aromatic heterocycles. The Morgan fingerprint density at radius 1 is 1.05 bits per heavy atom. The molecule has 0 radical (unpaired) electrons. The molecular formula is C34H41N3O4. The lowest BCUT2D eigenvalue weighted by Crippen LogP contribution is -2.42. The molecule has 1 saturated carbocycles. The monoisotopic (exact) mass is 555 g/mol. The highest BCUT2D eigenvalue weighted by Gasteiger charge is 2.50. The summed E-state index contributed by atoms with van der Waals surface area (Å²) in [7, 11) is 0. The van der Waals surface area contributed by atoms with Crippen molar-refractivity contribution in [2.45, 2.75) is 77.6 Å². The first kappa shape index (κ1) is 28.0. The Labute approximate surface area is 242 Å². The molecule has 2 saturated heterocycles. The number of pyridine rings is 1. The quantitative estimate of drug-likeness (QED) is 0.357. The fourth-order valence-electron chi connectivity index (χ4n) is 7.55. The van der Waals surface area contributed by atoms with E-state index in [-0.39, 0.29) is 24.7 Å². The van der Waals surface area contributed by atoms with Crippen LogP contribution in [0, 0.1) is 10.8 Å². The molecule has 0 spiro atoms. The van der Waals surface area contributed by atoms with Crippen molar-refractivity contribution >= 4 is 11.6 Å². The molecule has 6 rings (SSSR count). The van der Waals surface area contributed by atoms with Gasteiger partial charge in [0.05, 0.1) is 24.4 Å². The number of aromatic nitrogens is 1. The first-order valence-corrected chi connectivity index (χ1v) is 14.7. The number of nitrogens with zero attached hydrogens (tertiary/aromatic N) is 2. The number of anilines is 1. The molecule has 3 aliphatic rings. The van der Waals surface area contributed by atoms with Crippen molar-refractivity contribution in [1.82, 2.24) is 9.88 Å². The van der Waals surface area contributed by atoms with Crippen LogP contribution in [-0.2, 0) is 16.1 Å². The average molecular weight is 556 g/mol. The molecule has 2 bridgehead atoms. The van der Waals surface area contributed by atoms with Crippen molar-refractivity contribution in [2.24, 2.45) is 10.8 Å². The zero-order chi connectivity index (χ0) is 28.6. The van der Waals surface area contributed by atoms with Gasteiger partial charge in [0.2, 0.25) is 0 Å². The van der Waals surface area contributed by atoms with Crippen LogP contribution in [-0.4, -0.2) is 46.1 Å².